The summed E-state index contributed by atoms with van der Waals surface area (Å²) in [6.45, 7) is 9.83. The van der Waals surface area contributed by atoms with Gasteiger partial charge in [0.15, 0.2) is 0 Å². The molecule has 2 rings (SSSR count). The Kier molecular flexibility index (Phi) is 8.28. The van der Waals surface area contributed by atoms with Gasteiger partial charge >= 0.3 is 6.09 Å². The van der Waals surface area contributed by atoms with Crippen molar-refractivity contribution in [1.82, 2.24) is 5.32 Å². The summed E-state index contributed by atoms with van der Waals surface area (Å²) in [5.41, 5.74) is 1.61. The zero-order valence-electron chi connectivity index (χ0n) is 17.4. The third kappa shape index (κ3) is 8.40. The predicted octanol–water partition coefficient (Wildman–Crippen LogP) is 4.64. The number of hydrogen-bond acceptors (Lipinski definition) is 4. The highest BCUT2D eigenvalue weighted by molar-refractivity contribution is 5.67. The van der Waals surface area contributed by atoms with Crippen molar-refractivity contribution in [1.29, 1.82) is 0 Å². The van der Waals surface area contributed by atoms with Crippen LogP contribution in [0.15, 0.2) is 67.3 Å². The Morgan fingerprint density at radius 3 is 2.34 bits per heavy atom. The van der Waals surface area contributed by atoms with E-state index >= 15 is 0 Å². The molecule has 0 fully saturated rings. The molecular weight excluding hydrogens is 366 g/mol. The predicted molar refractivity (Wildman–Crippen MR) is 115 cm³/mol. The Balaban J connectivity index is 1.98. The highest BCUT2D eigenvalue weighted by Crippen LogP contribution is 2.20. The van der Waals surface area contributed by atoms with E-state index in [1.807, 2.05) is 75.4 Å². The third-order valence-corrected chi connectivity index (χ3v) is 4.19. The fraction of sp³-hybridized carbons (Fsp3) is 0.375. The van der Waals surface area contributed by atoms with Crippen molar-refractivity contribution in [2.24, 2.45) is 0 Å². The van der Waals surface area contributed by atoms with E-state index in [0.29, 0.717) is 12.8 Å². The Morgan fingerprint density at radius 2 is 1.76 bits per heavy atom. The van der Waals surface area contributed by atoms with Gasteiger partial charge in [-0.05, 0) is 56.9 Å². The molecule has 0 aliphatic heterocycles. The van der Waals surface area contributed by atoms with Gasteiger partial charge in [0.2, 0.25) is 0 Å². The minimum Gasteiger partial charge on any atom is -0.488 e. The quantitative estimate of drug-likeness (QED) is 0.605. The third-order valence-electron chi connectivity index (χ3n) is 4.19. The molecule has 0 aliphatic rings. The summed E-state index contributed by atoms with van der Waals surface area (Å²) in [4.78, 5) is 12.2. The molecule has 0 spiro atoms. The molecule has 0 radical (unpaired) electrons. The van der Waals surface area contributed by atoms with Gasteiger partial charge in [-0.1, -0.05) is 48.5 Å². The van der Waals surface area contributed by atoms with Crippen LogP contribution in [0.3, 0.4) is 0 Å². The van der Waals surface area contributed by atoms with Gasteiger partial charge in [-0.15, -0.1) is 6.58 Å². The normalized spacial score (nSPS) is 13.2. The van der Waals surface area contributed by atoms with Gasteiger partial charge < -0.3 is 19.9 Å². The number of rotatable bonds is 9. The number of carbonyl (C=O) groups excluding carboxylic acids is 1. The van der Waals surface area contributed by atoms with Crippen molar-refractivity contribution in [2.45, 2.75) is 58.0 Å². The number of benzene rings is 2. The van der Waals surface area contributed by atoms with E-state index in [2.05, 4.69) is 11.9 Å². The zero-order chi connectivity index (χ0) is 21.3. The molecule has 2 atom stereocenters. The van der Waals surface area contributed by atoms with Gasteiger partial charge in [0.05, 0.1) is 12.1 Å². The molecule has 2 aromatic carbocycles. The molecule has 0 saturated carbocycles. The molecule has 0 aromatic heterocycles. The summed E-state index contributed by atoms with van der Waals surface area (Å²) in [7, 11) is 0. The van der Waals surface area contributed by atoms with Crippen molar-refractivity contribution in [2.75, 3.05) is 0 Å². The second kappa shape index (κ2) is 10.7. The number of aliphatic hydroxyl groups is 1. The first-order valence-corrected chi connectivity index (χ1v) is 9.81. The second-order valence-corrected chi connectivity index (χ2v) is 7.97. The monoisotopic (exact) mass is 397 g/mol. The molecule has 2 N–H and O–H groups in total. The van der Waals surface area contributed by atoms with Crippen molar-refractivity contribution >= 4 is 6.09 Å². The molecule has 156 valence electrons. The number of carbonyl (C=O) groups is 1. The minimum absolute atomic E-state index is 0.176. The lowest BCUT2D eigenvalue weighted by Crippen LogP contribution is -2.44. The van der Waals surface area contributed by atoms with Gasteiger partial charge in [-0.25, -0.2) is 4.79 Å². The SMILES string of the molecule is C=CC[C@@H](O)[C@H](Cc1ccc(OC(C)(C)C)cc1)NC(=O)OCc1ccccc1. The van der Waals surface area contributed by atoms with Crippen molar-refractivity contribution in [3.8, 4) is 5.75 Å². The van der Waals surface area contributed by atoms with Gasteiger partial charge in [-0.3, -0.25) is 0 Å². The van der Waals surface area contributed by atoms with E-state index < -0.39 is 18.2 Å². The van der Waals surface area contributed by atoms with Crippen molar-refractivity contribution in [3.63, 3.8) is 0 Å². The van der Waals surface area contributed by atoms with Crippen LogP contribution in [-0.4, -0.2) is 28.9 Å². The lowest BCUT2D eigenvalue weighted by molar-refractivity contribution is 0.102. The van der Waals surface area contributed by atoms with E-state index in [0.717, 1.165) is 16.9 Å². The molecule has 0 saturated heterocycles. The van der Waals surface area contributed by atoms with Gasteiger partial charge in [0, 0.05) is 0 Å². The Morgan fingerprint density at radius 1 is 1.10 bits per heavy atom. The van der Waals surface area contributed by atoms with Crippen LogP contribution in [0, 0.1) is 0 Å². The van der Waals surface area contributed by atoms with Crippen molar-refractivity contribution < 1.29 is 19.4 Å². The Hall–Kier alpha value is -2.79. The first-order valence-electron chi connectivity index (χ1n) is 9.81. The Bertz CT molecular complexity index is 766. The molecule has 1 amide bonds. The number of hydrogen-bond donors (Lipinski definition) is 2. The maximum atomic E-state index is 12.2. The topological polar surface area (TPSA) is 67.8 Å². The molecule has 0 bridgehead atoms. The van der Waals surface area contributed by atoms with Crippen LogP contribution >= 0.6 is 0 Å². The molecular formula is C24H31NO4. The highest BCUT2D eigenvalue weighted by atomic mass is 16.5. The fourth-order valence-electron chi connectivity index (χ4n) is 2.84. The van der Waals surface area contributed by atoms with Crippen LogP contribution in [0.2, 0.25) is 0 Å². The van der Waals surface area contributed by atoms with Gasteiger partial charge in [0.25, 0.3) is 0 Å². The second-order valence-electron chi connectivity index (χ2n) is 7.97. The number of alkyl carbamates (subject to hydrolysis) is 1. The van der Waals surface area contributed by atoms with Crippen LogP contribution in [0.5, 0.6) is 5.75 Å². The first kappa shape index (κ1) is 22.5. The van der Waals surface area contributed by atoms with E-state index in [1.54, 1.807) is 6.08 Å². The molecule has 0 unspecified atom stereocenters. The van der Waals surface area contributed by atoms with E-state index in [4.69, 9.17) is 9.47 Å². The number of amides is 1. The average Bonchev–Trinajstić information content (AvgIpc) is 2.67. The summed E-state index contributed by atoms with van der Waals surface area (Å²) < 4.78 is 11.1. The molecule has 0 heterocycles. The summed E-state index contributed by atoms with van der Waals surface area (Å²) in [6.07, 6.45) is 1.14. The maximum absolute atomic E-state index is 12.2. The van der Waals surface area contributed by atoms with Gasteiger partial charge in [0.1, 0.15) is 18.0 Å². The van der Waals surface area contributed by atoms with E-state index in [1.165, 1.54) is 0 Å². The lowest BCUT2D eigenvalue weighted by Gasteiger charge is -2.24. The molecule has 2 aromatic rings. The van der Waals surface area contributed by atoms with E-state index in [9.17, 15) is 9.90 Å². The molecule has 5 heteroatoms. The van der Waals surface area contributed by atoms with Crippen LogP contribution < -0.4 is 10.1 Å². The van der Waals surface area contributed by atoms with Crippen LogP contribution in [0.4, 0.5) is 4.79 Å². The zero-order valence-corrected chi connectivity index (χ0v) is 17.4. The van der Waals surface area contributed by atoms with Crippen LogP contribution in [0.25, 0.3) is 0 Å². The molecule has 29 heavy (non-hydrogen) atoms. The van der Waals surface area contributed by atoms with Crippen LogP contribution in [0.1, 0.15) is 38.3 Å². The average molecular weight is 398 g/mol. The number of aliphatic hydroxyl groups excluding tert-OH is 1. The van der Waals surface area contributed by atoms with Crippen LogP contribution in [-0.2, 0) is 17.8 Å². The summed E-state index contributed by atoms with van der Waals surface area (Å²) in [5, 5.41) is 13.2. The standard InChI is InChI=1S/C24H31NO4/c1-5-9-22(26)21(25-23(27)28-17-19-10-7-6-8-11-19)16-18-12-14-20(15-13-18)29-24(2,3)4/h5-8,10-15,21-22,26H,1,9,16-17H2,2-4H3,(H,25,27)/t21-,22+/m0/s1. The fourth-order valence-corrected chi connectivity index (χ4v) is 2.84. The Labute approximate surface area is 173 Å². The maximum Gasteiger partial charge on any atom is 0.407 e. The molecule has 0 aliphatic carbocycles. The minimum atomic E-state index is -0.762. The largest absolute Gasteiger partial charge is 0.488 e. The number of ether oxygens (including phenoxy) is 2. The summed E-state index contributed by atoms with van der Waals surface area (Å²) in [5.74, 6) is 0.777. The summed E-state index contributed by atoms with van der Waals surface area (Å²) in [6, 6.07) is 16.6. The van der Waals surface area contributed by atoms with Crippen molar-refractivity contribution in [3.05, 3.63) is 78.4 Å². The number of nitrogens with one attached hydrogen (secondary N) is 1. The first-order chi connectivity index (χ1) is 13.8. The lowest BCUT2D eigenvalue weighted by atomic mass is 9.99. The summed E-state index contributed by atoms with van der Waals surface area (Å²) >= 11 is 0. The molecule has 5 nitrogen and oxygen atoms in total. The highest BCUT2D eigenvalue weighted by Gasteiger charge is 2.22. The van der Waals surface area contributed by atoms with E-state index in [-0.39, 0.29) is 12.2 Å². The van der Waals surface area contributed by atoms with Gasteiger partial charge in [-0.2, -0.15) is 0 Å². The smallest absolute Gasteiger partial charge is 0.407 e.